The van der Waals surface area contributed by atoms with Gasteiger partial charge in [0.15, 0.2) is 0 Å². The van der Waals surface area contributed by atoms with Gasteiger partial charge in [0.1, 0.15) is 12.3 Å². The summed E-state index contributed by atoms with van der Waals surface area (Å²) < 4.78 is 7.52. The summed E-state index contributed by atoms with van der Waals surface area (Å²) in [6.07, 6.45) is 2.42. The second-order valence-corrected chi connectivity index (χ2v) is 6.02. The van der Waals surface area contributed by atoms with Crippen LogP contribution in [0, 0.1) is 12.8 Å². The molecule has 0 spiro atoms. The summed E-state index contributed by atoms with van der Waals surface area (Å²) in [5, 5.41) is 17.2. The third kappa shape index (κ3) is 2.68. The van der Waals surface area contributed by atoms with Gasteiger partial charge in [0.2, 0.25) is 5.89 Å². The summed E-state index contributed by atoms with van der Waals surface area (Å²) >= 11 is 0. The van der Waals surface area contributed by atoms with E-state index in [0.29, 0.717) is 18.9 Å². The minimum absolute atomic E-state index is 0.0213. The molecule has 1 fully saturated rings. The second kappa shape index (κ2) is 5.59. The van der Waals surface area contributed by atoms with Gasteiger partial charge in [-0.2, -0.15) is 0 Å². The van der Waals surface area contributed by atoms with Crippen LogP contribution in [-0.2, 0) is 11.3 Å². The molecule has 1 aliphatic carbocycles. The number of carboxylic acids is 1. The summed E-state index contributed by atoms with van der Waals surface area (Å²) in [4.78, 5) is 15.4. The van der Waals surface area contributed by atoms with Crippen LogP contribution in [0.5, 0.6) is 0 Å². The molecule has 7 nitrogen and oxygen atoms in total. The van der Waals surface area contributed by atoms with Gasteiger partial charge in [-0.1, -0.05) is 23.4 Å². The van der Waals surface area contributed by atoms with Gasteiger partial charge in [0, 0.05) is 17.7 Å². The molecule has 0 unspecified atom stereocenters. The van der Waals surface area contributed by atoms with E-state index in [0.717, 1.165) is 22.7 Å². The SMILES string of the molecule is Cc1nc(-c2ccccc2)oc1Cn1cc([C@@H]2C[C@@H]2C(=O)O)nn1. The Hall–Kier alpha value is -2.96. The van der Waals surface area contributed by atoms with E-state index in [4.69, 9.17) is 9.52 Å². The number of aryl methyl sites for hydroxylation is 1. The third-order valence-electron chi connectivity index (χ3n) is 4.26. The van der Waals surface area contributed by atoms with E-state index in [2.05, 4.69) is 15.3 Å². The molecule has 122 valence electrons. The van der Waals surface area contributed by atoms with Crippen molar-refractivity contribution in [2.75, 3.05) is 0 Å². The van der Waals surface area contributed by atoms with Crippen molar-refractivity contribution >= 4 is 5.97 Å². The highest BCUT2D eigenvalue weighted by Crippen LogP contribution is 2.46. The number of hydrogen-bond acceptors (Lipinski definition) is 5. The van der Waals surface area contributed by atoms with Crippen LogP contribution in [0.25, 0.3) is 11.5 Å². The monoisotopic (exact) mass is 324 g/mol. The molecular formula is C17H16N4O3. The number of nitrogens with zero attached hydrogens (tertiary/aromatic N) is 4. The Morgan fingerprint density at radius 3 is 2.88 bits per heavy atom. The largest absolute Gasteiger partial charge is 0.481 e. The maximum Gasteiger partial charge on any atom is 0.307 e. The molecule has 0 bridgehead atoms. The van der Waals surface area contributed by atoms with E-state index in [1.807, 2.05) is 37.3 Å². The van der Waals surface area contributed by atoms with Crippen LogP contribution in [-0.4, -0.2) is 31.1 Å². The first-order chi connectivity index (χ1) is 11.6. The first kappa shape index (κ1) is 14.6. The maximum absolute atomic E-state index is 10.9. The molecule has 2 aromatic heterocycles. The number of benzene rings is 1. The van der Waals surface area contributed by atoms with Crippen molar-refractivity contribution in [1.29, 1.82) is 0 Å². The van der Waals surface area contributed by atoms with Crippen LogP contribution in [0.2, 0.25) is 0 Å². The average Bonchev–Trinajstić information content (AvgIpc) is 3.13. The van der Waals surface area contributed by atoms with Crippen molar-refractivity contribution in [1.82, 2.24) is 20.0 Å². The molecule has 1 aliphatic rings. The van der Waals surface area contributed by atoms with Gasteiger partial charge >= 0.3 is 5.97 Å². The molecule has 1 N–H and O–H groups in total. The molecule has 2 atom stereocenters. The summed E-state index contributed by atoms with van der Waals surface area (Å²) in [5.74, 6) is 0.180. The van der Waals surface area contributed by atoms with Gasteiger partial charge in [-0.25, -0.2) is 9.67 Å². The predicted octanol–water partition coefficient (Wildman–Crippen LogP) is 2.48. The molecular weight excluding hydrogens is 308 g/mol. The van der Waals surface area contributed by atoms with Crippen LogP contribution in [0.3, 0.4) is 0 Å². The number of rotatable bonds is 5. The Bertz CT molecular complexity index is 884. The zero-order valence-corrected chi connectivity index (χ0v) is 13.1. The molecule has 1 aromatic carbocycles. The van der Waals surface area contributed by atoms with Gasteiger partial charge in [-0.15, -0.1) is 5.10 Å². The molecule has 7 heteroatoms. The molecule has 1 saturated carbocycles. The lowest BCUT2D eigenvalue weighted by atomic mass is 10.2. The fraction of sp³-hybridized carbons (Fsp3) is 0.294. The molecule has 0 radical (unpaired) electrons. The van der Waals surface area contributed by atoms with Crippen molar-refractivity contribution in [3.63, 3.8) is 0 Å². The van der Waals surface area contributed by atoms with E-state index in [9.17, 15) is 4.79 Å². The standard InChI is InChI=1S/C17H16N4O3/c1-10-15(24-16(18-10)11-5-3-2-4-6-11)9-21-8-14(19-20-21)12-7-13(12)17(22)23/h2-6,8,12-13H,7,9H2,1H3,(H,22,23)/t12-,13+/m1/s1. The lowest BCUT2D eigenvalue weighted by Crippen LogP contribution is -2.00. The van der Waals surface area contributed by atoms with Crippen LogP contribution in [0.15, 0.2) is 40.9 Å². The lowest BCUT2D eigenvalue weighted by molar-refractivity contribution is -0.138. The summed E-state index contributed by atoms with van der Waals surface area (Å²) in [6.45, 7) is 2.31. The summed E-state index contributed by atoms with van der Waals surface area (Å²) in [6, 6.07) is 9.71. The number of aliphatic carboxylic acids is 1. The van der Waals surface area contributed by atoms with Crippen molar-refractivity contribution < 1.29 is 14.3 Å². The Labute approximate surface area is 137 Å². The van der Waals surface area contributed by atoms with E-state index in [1.54, 1.807) is 10.9 Å². The van der Waals surface area contributed by atoms with Gasteiger partial charge in [0.05, 0.1) is 17.3 Å². The van der Waals surface area contributed by atoms with Crippen molar-refractivity contribution in [2.24, 2.45) is 5.92 Å². The predicted molar refractivity (Wildman–Crippen MR) is 84.3 cm³/mol. The number of oxazole rings is 1. The molecule has 24 heavy (non-hydrogen) atoms. The first-order valence-electron chi connectivity index (χ1n) is 7.76. The van der Waals surface area contributed by atoms with Crippen molar-refractivity contribution in [3.8, 4) is 11.5 Å². The molecule has 2 heterocycles. The average molecular weight is 324 g/mol. The number of hydrogen-bond donors (Lipinski definition) is 1. The van der Waals surface area contributed by atoms with Crippen LogP contribution < -0.4 is 0 Å². The van der Waals surface area contributed by atoms with Gasteiger partial charge in [-0.3, -0.25) is 4.79 Å². The van der Waals surface area contributed by atoms with Crippen molar-refractivity contribution in [3.05, 3.63) is 53.7 Å². The van der Waals surface area contributed by atoms with E-state index in [1.165, 1.54) is 0 Å². The third-order valence-corrected chi connectivity index (χ3v) is 4.26. The Morgan fingerprint density at radius 2 is 2.17 bits per heavy atom. The van der Waals surface area contributed by atoms with Crippen LogP contribution in [0.1, 0.15) is 29.5 Å². The van der Waals surface area contributed by atoms with Gasteiger partial charge in [-0.05, 0) is 25.5 Å². The molecule has 3 aromatic rings. The smallest absolute Gasteiger partial charge is 0.307 e. The number of aromatic nitrogens is 4. The number of carbonyl (C=O) groups is 1. The minimum atomic E-state index is -0.770. The summed E-state index contributed by atoms with van der Waals surface area (Å²) in [5.41, 5.74) is 2.46. The lowest BCUT2D eigenvalue weighted by Gasteiger charge is -1.97. The van der Waals surface area contributed by atoms with E-state index >= 15 is 0 Å². The quantitative estimate of drug-likeness (QED) is 0.775. The Balaban J connectivity index is 1.51. The fourth-order valence-electron chi connectivity index (χ4n) is 2.78. The molecule has 0 amide bonds. The summed E-state index contributed by atoms with van der Waals surface area (Å²) in [7, 11) is 0. The first-order valence-corrected chi connectivity index (χ1v) is 7.76. The maximum atomic E-state index is 10.9. The molecule has 0 aliphatic heterocycles. The molecule has 0 saturated heterocycles. The Kier molecular flexibility index (Phi) is 3.41. The number of carboxylic acid groups (broad SMARTS) is 1. The minimum Gasteiger partial charge on any atom is -0.481 e. The van der Waals surface area contributed by atoms with Crippen LogP contribution >= 0.6 is 0 Å². The Morgan fingerprint density at radius 1 is 1.38 bits per heavy atom. The highest BCUT2D eigenvalue weighted by Gasteiger charge is 2.46. The van der Waals surface area contributed by atoms with Gasteiger partial charge < -0.3 is 9.52 Å². The normalized spacial score (nSPS) is 19.4. The van der Waals surface area contributed by atoms with Crippen molar-refractivity contribution in [2.45, 2.75) is 25.8 Å². The molecule has 4 rings (SSSR count). The topological polar surface area (TPSA) is 94.0 Å². The van der Waals surface area contributed by atoms with Gasteiger partial charge in [0.25, 0.3) is 0 Å². The van der Waals surface area contributed by atoms with E-state index in [-0.39, 0.29) is 11.8 Å². The van der Waals surface area contributed by atoms with E-state index < -0.39 is 5.97 Å². The fourth-order valence-corrected chi connectivity index (χ4v) is 2.78. The highest BCUT2D eigenvalue weighted by molar-refractivity contribution is 5.74. The zero-order valence-electron chi connectivity index (χ0n) is 13.1. The zero-order chi connectivity index (χ0) is 16.7. The van der Waals surface area contributed by atoms with Crippen LogP contribution in [0.4, 0.5) is 0 Å². The highest BCUT2D eigenvalue weighted by atomic mass is 16.4. The second-order valence-electron chi connectivity index (χ2n) is 6.02.